The second-order valence-electron chi connectivity index (χ2n) is 4.74. The lowest BCUT2D eigenvalue weighted by atomic mass is 10.1. The van der Waals surface area contributed by atoms with Crippen LogP contribution < -0.4 is 5.32 Å². The Balaban J connectivity index is 1.98. The van der Waals surface area contributed by atoms with Crippen molar-refractivity contribution in [2.75, 3.05) is 7.05 Å². The molecule has 0 fully saturated rings. The molecule has 2 nitrogen and oxygen atoms in total. The second-order valence-corrected chi connectivity index (χ2v) is 7.98. The van der Waals surface area contributed by atoms with Crippen LogP contribution in [0.2, 0.25) is 0 Å². The molecule has 1 heterocycles. The van der Waals surface area contributed by atoms with Gasteiger partial charge in [0.2, 0.25) is 0 Å². The highest BCUT2D eigenvalue weighted by Gasteiger charge is 2.13. The van der Waals surface area contributed by atoms with Crippen molar-refractivity contribution in [3.63, 3.8) is 0 Å². The van der Waals surface area contributed by atoms with Gasteiger partial charge in [0, 0.05) is 15.4 Å². The molecule has 0 aliphatic heterocycles. The lowest BCUT2D eigenvalue weighted by Gasteiger charge is -2.15. The van der Waals surface area contributed by atoms with Gasteiger partial charge in [0.1, 0.15) is 0 Å². The molecule has 108 valence electrons. The summed E-state index contributed by atoms with van der Waals surface area (Å²) in [6, 6.07) is 15.0. The minimum atomic E-state index is 0.315. The molecule has 0 bridgehead atoms. The molecule has 3 rings (SSSR count). The molecule has 0 amide bonds. The van der Waals surface area contributed by atoms with Crippen LogP contribution in [0.3, 0.4) is 0 Å². The molecule has 0 saturated carbocycles. The maximum Gasteiger partial charge on any atom is 0.155 e. The highest BCUT2D eigenvalue weighted by atomic mass is 79.9. The molecule has 5 heteroatoms. The Morgan fingerprint density at radius 2 is 2.05 bits per heavy atom. The van der Waals surface area contributed by atoms with Gasteiger partial charge in [-0.25, -0.2) is 4.98 Å². The van der Waals surface area contributed by atoms with E-state index < -0.39 is 0 Å². The van der Waals surface area contributed by atoms with Crippen LogP contribution in [-0.4, -0.2) is 12.0 Å². The van der Waals surface area contributed by atoms with Crippen molar-refractivity contribution in [3.05, 3.63) is 52.5 Å². The second kappa shape index (κ2) is 6.48. The first-order valence-corrected chi connectivity index (χ1v) is 9.10. The Labute approximate surface area is 141 Å². The van der Waals surface area contributed by atoms with Crippen LogP contribution in [-0.2, 0) is 0 Å². The predicted molar refractivity (Wildman–Crippen MR) is 95.4 cm³/mol. The van der Waals surface area contributed by atoms with E-state index in [2.05, 4.69) is 64.6 Å². The third-order valence-corrected chi connectivity index (χ3v) is 6.01. The van der Waals surface area contributed by atoms with Gasteiger partial charge in [-0.05, 0) is 43.8 Å². The molecule has 0 spiro atoms. The number of hydrogen-bond acceptors (Lipinski definition) is 4. The minimum Gasteiger partial charge on any atom is -0.313 e. The van der Waals surface area contributed by atoms with Crippen LogP contribution in [0.4, 0.5) is 0 Å². The molecule has 0 aliphatic carbocycles. The number of hydrogen-bond donors (Lipinski definition) is 1. The number of thiazole rings is 1. The number of rotatable bonds is 4. The molecule has 1 atom stereocenters. The summed E-state index contributed by atoms with van der Waals surface area (Å²) in [7, 11) is 1.98. The van der Waals surface area contributed by atoms with E-state index in [1.807, 2.05) is 13.1 Å². The number of aromatic nitrogens is 1. The van der Waals surface area contributed by atoms with Crippen LogP contribution in [0.15, 0.2) is 56.2 Å². The molecule has 21 heavy (non-hydrogen) atoms. The van der Waals surface area contributed by atoms with E-state index >= 15 is 0 Å². The number of para-hydroxylation sites is 1. The van der Waals surface area contributed by atoms with Crippen molar-refractivity contribution < 1.29 is 0 Å². The number of benzene rings is 2. The van der Waals surface area contributed by atoms with E-state index in [9.17, 15) is 0 Å². The minimum absolute atomic E-state index is 0.315. The summed E-state index contributed by atoms with van der Waals surface area (Å²) in [4.78, 5) is 5.95. The normalized spacial score (nSPS) is 12.7. The van der Waals surface area contributed by atoms with Gasteiger partial charge in [-0.1, -0.05) is 45.9 Å². The summed E-state index contributed by atoms with van der Waals surface area (Å²) >= 11 is 7.04. The number of fused-ring (bicyclic) bond motifs is 1. The van der Waals surface area contributed by atoms with Crippen molar-refractivity contribution in [3.8, 4) is 0 Å². The van der Waals surface area contributed by atoms with Crippen molar-refractivity contribution >= 4 is 49.2 Å². The van der Waals surface area contributed by atoms with Crippen LogP contribution in [0.1, 0.15) is 18.5 Å². The van der Waals surface area contributed by atoms with E-state index in [1.54, 1.807) is 23.1 Å². The van der Waals surface area contributed by atoms with Gasteiger partial charge in [-0.3, -0.25) is 0 Å². The topological polar surface area (TPSA) is 24.9 Å². The molecular weight excluding hydrogens is 364 g/mol. The van der Waals surface area contributed by atoms with Gasteiger partial charge in [-0.15, -0.1) is 11.3 Å². The van der Waals surface area contributed by atoms with E-state index in [-0.39, 0.29) is 0 Å². The average Bonchev–Trinajstić information content (AvgIpc) is 2.89. The first kappa shape index (κ1) is 15.0. The molecule has 3 aromatic rings. The monoisotopic (exact) mass is 378 g/mol. The van der Waals surface area contributed by atoms with Crippen molar-refractivity contribution in [2.45, 2.75) is 22.2 Å². The van der Waals surface area contributed by atoms with Crippen molar-refractivity contribution in [2.24, 2.45) is 0 Å². The first-order valence-electron chi connectivity index (χ1n) is 6.67. The summed E-state index contributed by atoms with van der Waals surface area (Å²) in [5, 5.41) is 3.31. The molecule has 2 aromatic carbocycles. The van der Waals surface area contributed by atoms with E-state index in [0.717, 1.165) is 14.3 Å². The van der Waals surface area contributed by atoms with Gasteiger partial charge in [0.25, 0.3) is 0 Å². The first-order chi connectivity index (χ1) is 10.2. The zero-order valence-corrected chi connectivity index (χ0v) is 15.0. The molecule has 1 unspecified atom stereocenters. The average molecular weight is 379 g/mol. The van der Waals surface area contributed by atoms with Crippen LogP contribution in [0.5, 0.6) is 0 Å². The molecule has 0 aliphatic rings. The Morgan fingerprint density at radius 3 is 2.81 bits per heavy atom. The van der Waals surface area contributed by atoms with E-state index in [1.165, 1.54) is 15.2 Å². The predicted octanol–water partition coefficient (Wildman–Crippen LogP) is 5.49. The number of nitrogens with one attached hydrogen (secondary N) is 1. The maximum absolute atomic E-state index is 4.71. The zero-order chi connectivity index (χ0) is 14.8. The summed E-state index contributed by atoms with van der Waals surface area (Å²) in [5.74, 6) is 0. The van der Waals surface area contributed by atoms with Crippen LogP contribution in [0, 0.1) is 0 Å². The molecule has 0 radical (unpaired) electrons. The highest BCUT2D eigenvalue weighted by Crippen LogP contribution is 2.38. The van der Waals surface area contributed by atoms with Gasteiger partial charge in [0.05, 0.1) is 10.2 Å². The summed E-state index contributed by atoms with van der Waals surface area (Å²) in [6.45, 7) is 2.17. The SMILES string of the molecule is CNC(C)c1ccc(Br)cc1Sc1nc2ccccc2s1. The van der Waals surface area contributed by atoms with Gasteiger partial charge >= 0.3 is 0 Å². The van der Waals surface area contributed by atoms with Crippen LogP contribution >= 0.6 is 39.0 Å². The van der Waals surface area contributed by atoms with Gasteiger partial charge in [-0.2, -0.15) is 0 Å². The largest absolute Gasteiger partial charge is 0.313 e. The maximum atomic E-state index is 4.71. The number of nitrogens with zero attached hydrogens (tertiary/aromatic N) is 1. The zero-order valence-electron chi connectivity index (χ0n) is 11.8. The summed E-state index contributed by atoms with van der Waals surface area (Å²) in [6.07, 6.45) is 0. The Bertz CT molecular complexity index is 737. The Kier molecular flexibility index (Phi) is 4.64. The fraction of sp³-hybridized carbons (Fsp3) is 0.188. The Hall–Kier alpha value is -0.880. The smallest absolute Gasteiger partial charge is 0.155 e. The van der Waals surface area contributed by atoms with Crippen molar-refractivity contribution in [1.29, 1.82) is 0 Å². The standard InChI is InChI=1S/C16H15BrN2S2/c1-10(18-2)12-8-7-11(17)9-15(12)21-16-19-13-5-3-4-6-14(13)20-16/h3-10,18H,1-2H3. The summed E-state index contributed by atoms with van der Waals surface area (Å²) < 4.78 is 3.41. The van der Waals surface area contributed by atoms with E-state index in [4.69, 9.17) is 4.98 Å². The quantitative estimate of drug-likeness (QED) is 0.649. The number of halogens is 1. The van der Waals surface area contributed by atoms with Gasteiger partial charge in [0.15, 0.2) is 4.34 Å². The molecule has 0 saturated heterocycles. The fourth-order valence-corrected chi connectivity index (χ4v) is 4.89. The van der Waals surface area contributed by atoms with Crippen LogP contribution in [0.25, 0.3) is 10.2 Å². The lowest BCUT2D eigenvalue weighted by Crippen LogP contribution is -2.13. The van der Waals surface area contributed by atoms with Gasteiger partial charge < -0.3 is 5.32 Å². The molecule has 1 N–H and O–H groups in total. The Morgan fingerprint density at radius 1 is 1.24 bits per heavy atom. The van der Waals surface area contributed by atoms with E-state index in [0.29, 0.717) is 6.04 Å². The highest BCUT2D eigenvalue weighted by molar-refractivity contribution is 9.10. The fourth-order valence-electron chi connectivity index (χ4n) is 2.10. The lowest BCUT2D eigenvalue weighted by molar-refractivity contribution is 0.641. The van der Waals surface area contributed by atoms with Crippen molar-refractivity contribution in [1.82, 2.24) is 10.3 Å². The third kappa shape index (κ3) is 3.31. The third-order valence-electron chi connectivity index (χ3n) is 3.35. The molecule has 1 aromatic heterocycles. The molecular formula is C16H15BrN2S2. The summed E-state index contributed by atoms with van der Waals surface area (Å²) in [5.41, 5.74) is 2.37.